The molecule has 5 aliphatic carbocycles. The van der Waals surface area contributed by atoms with Crippen LogP contribution in [-0.4, -0.2) is 17.5 Å². The third-order valence-electron chi connectivity index (χ3n) is 12.2. The molecular weight excluding hydrogens is 344 g/mol. The molecule has 0 heterocycles. The van der Waals surface area contributed by atoms with E-state index in [1.165, 1.54) is 51.4 Å². The van der Waals surface area contributed by atoms with Crippen molar-refractivity contribution in [3.63, 3.8) is 0 Å². The highest BCUT2D eigenvalue weighted by Gasteiger charge is 2.82. The van der Waals surface area contributed by atoms with Gasteiger partial charge in [-0.1, -0.05) is 34.6 Å². The number of carbonyl (C=O) groups is 1. The number of hydrogen-bond acceptors (Lipinski definition) is 2. The fraction of sp³-hybridized carbons (Fsp3) is 0.962. The average molecular weight is 387 g/mol. The van der Waals surface area contributed by atoms with E-state index in [9.17, 15) is 9.90 Å². The van der Waals surface area contributed by atoms with Crippen molar-refractivity contribution in [1.29, 1.82) is 0 Å². The van der Waals surface area contributed by atoms with Crippen molar-refractivity contribution in [2.75, 3.05) is 6.61 Å². The lowest BCUT2D eigenvalue weighted by Crippen LogP contribution is -2.57. The van der Waals surface area contributed by atoms with Gasteiger partial charge >= 0.3 is 0 Å². The second-order valence-electron chi connectivity index (χ2n) is 12.8. The van der Waals surface area contributed by atoms with Crippen LogP contribution in [0.3, 0.4) is 0 Å². The molecule has 0 aliphatic heterocycles. The highest BCUT2D eigenvalue weighted by molar-refractivity contribution is 5.86. The third kappa shape index (κ3) is 1.98. The Morgan fingerprint density at radius 1 is 0.929 bits per heavy atom. The molecule has 0 bridgehead atoms. The first-order valence-corrected chi connectivity index (χ1v) is 12.2. The van der Waals surface area contributed by atoms with Gasteiger partial charge in [0.1, 0.15) is 5.78 Å². The number of carbonyl (C=O) groups excluding carboxylic acids is 1. The predicted molar refractivity (Wildman–Crippen MR) is 113 cm³/mol. The van der Waals surface area contributed by atoms with Gasteiger partial charge in [0.2, 0.25) is 0 Å². The number of Topliss-reactive ketones (excluding diaryl/α,β-unsaturated/α-hetero) is 1. The van der Waals surface area contributed by atoms with E-state index in [4.69, 9.17) is 0 Å². The quantitative estimate of drug-likeness (QED) is 0.644. The fourth-order valence-electron chi connectivity index (χ4n) is 10.5. The largest absolute Gasteiger partial charge is 0.396 e. The first kappa shape index (κ1) is 19.6. The molecular formula is C26H42O2. The molecule has 5 aliphatic rings. The Labute approximate surface area is 172 Å². The maximum atomic E-state index is 12.7. The molecule has 2 nitrogen and oxygen atoms in total. The van der Waals surface area contributed by atoms with E-state index in [-0.39, 0.29) is 5.41 Å². The molecule has 8 atom stereocenters. The molecule has 0 aromatic rings. The van der Waals surface area contributed by atoms with Crippen LogP contribution >= 0.6 is 0 Å². The molecule has 0 radical (unpaired) electrons. The van der Waals surface area contributed by atoms with Crippen molar-refractivity contribution in [3.8, 4) is 0 Å². The number of aliphatic hydroxyl groups excluding tert-OH is 1. The lowest BCUT2D eigenvalue weighted by molar-refractivity contribution is -0.157. The Balaban J connectivity index is 1.50. The lowest BCUT2D eigenvalue weighted by Gasteiger charge is -2.62. The number of hydrogen-bond donors (Lipinski definition) is 1. The molecule has 0 aromatic carbocycles. The Morgan fingerprint density at radius 3 is 2.32 bits per heavy atom. The minimum absolute atomic E-state index is 0.0950. The Hall–Kier alpha value is -0.370. The zero-order chi connectivity index (χ0) is 20.2. The maximum Gasteiger partial charge on any atom is 0.138 e. The monoisotopic (exact) mass is 386 g/mol. The van der Waals surface area contributed by atoms with Crippen LogP contribution in [-0.2, 0) is 4.79 Å². The SMILES string of the molecule is CC(CCO)C1CCC2(C)C3CCC4C(C)(C)C(=O)CCC45CC35CCC12C. The van der Waals surface area contributed by atoms with E-state index in [0.717, 1.165) is 24.7 Å². The highest BCUT2D eigenvalue weighted by atomic mass is 16.3. The van der Waals surface area contributed by atoms with Gasteiger partial charge < -0.3 is 5.11 Å². The van der Waals surface area contributed by atoms with Gasteiger partial charge in [-0.2, -0.15) is 0 Å². The summed E-state index contributed by atoms with van der Waals surface area (Å²) in [5.41, 5.74) is 1.85. The molecule has 5 rings (SSSR count). The van der Waals surface area contributed by atoms with Crippen molar-refractivity contribution in [2.45, 2.75) is 98.8 Å². The standard InChI is InChI=1S/C26H42O2/c1-17(10-15-27)18-8-11-24(5)20-7-6-19-22(2,3)21(28)9-12-25(19)16-26(20,25)14-13-23(18,24)4/h17-20,27H,6-16H2,1-5H3. The summed E-state index contributed by atoms with van der Waals surface area (Å²) in [7, 11) is 0. The van der Waals surface area contributed by atoms with Crippen molar-refractivity contribution < 1.29 is 9.90 Å². The fourth-order valence-corrected chi connectivity index (χ4v) is 10.5. The second-order valence-corrected chi connectivity index (χ2v) is 12.8. The first-order chi connectivity index (χ1) is 13.1. The van der Waals surface area contributed by atoms with Crippen LogP contribution in [0.2, 0.25) is 0 Å². The molecule has 28 heavy (non-hydrogen) atoms. The number of rotatable bonds is 3. The molecule has 1 N–H and O–H groups in total. The number of aliphatic hydroxyl groups is 1. The van der Waals surface area contributed by atoms with Gasteiger partial charge in [0, 0.05) is 18.4 Å². The molecule has 0 saturated heterocycles. The number of ketones is 1. The van der Waals surface area contributed by atoms with Crippen LogP contribution in [0.5, 0.6) is 0 Å². The van der Waals surface area contributed by atoms with Gasteiger partial charge in [-0.15, -0.1) is 0 Å². The maximum absolute atomic E-state index is 12.7. The van der Waals surface area contributed by atoms with Gasteiger partial charge in [-0.25, -0.2) is 0 Å². The summed E-state index contributed by atoms with van der Waals surface area (Å²) in [6.07, 6.45) is 12.6. The zero-order valence-corrected chi connectivity index (χ0v) is 18.9. The van der Waals surface area contributed by atoms with Crippen LogP contribution in [0, 0.1) is 50.7 Å². The second kappa shape index (κ2) is 5.65. The van der Waals surface area contributed by atoms with Gasteiger partial charge in [-0.3, -0.25) is 4.79 Å². The molecule has 0 aromatic heterocycles. The summed E-state index contributed by atoms with van der Waals surface area (Å²) in [5, 5.41) is 9.55. The summed E-state index contributed by atoms with van der Waals surface area (Å²) in [6, 6.07) is 0. The minimum atomic E-state index is -0.0950. The van der Waals surface area contributed by atoms with E-state index in [2.05, 4.69) is 34.6 Å². The molecule has 2 heteroatoms. The van der Waals surface area contributed by atoms with Crippen LogP contribution in [0.1, 0.15) is 98.8 Å². The molecule has 5 saturated carbocycles. The minimum Gasteiger partial charge on any atom is -0.396 e. The van der Waals surface area contributed by atoms with Gasteiger partial charge in [0.15, 0.2) is 0 Å². The summed E-state index contributed by atoms with van der Waals surface area (Å²) in [5.74, 6) is 3.45. The molecule has 0 amide bonds. The molecule has 2 spiro atoms. The van der Waals surface area contributed by atoms with Crippen molar-refractivity contribution in [2.24, 2.45) is 50.7 Å². The van der Waals surface area contributed by atoms with Crippen molar-refractivity contribution >= 4 is 5.78 Å². The third-order valence-corrected chi connectivity index (χ3v) is 12.2. The zero-order valence-electron chi connectivity index (χ0n) is 18.9. The van der Waals surface area contributed by atoms with Crippen molar-refractivity contribution in [1.82, 2.24) is 0 Å². The summed E-state index contributed by atoms with van der Waals surface area (Å²) in [4.78, 5) is 12.7. The highest BCUT2D eigenvalue weighted by Crippen LogP contribution is 2.88. The van der Waals surface area contributed by atoms with E-state index in [1.54, 1.807) is 0 Å². The topological polar surface area (TPSA) is 37.3 Å². The van der Waals surface area contributed by atoms with E-state index < -0.39 is 0 Å². The summed E-state index contributed by atoms with van der Waals surface area (Å²) in [6.45, 7) is 12.6. The summed E-state index contributed by atoms with van der Waals surface area (Å²) < 4.78 is 0. The van der Waals surface area contributed by atoms with Crippen LogP contribution in [0.25, 0.3) is 0 Å². The average Bonchev–Trinajstić information content (AvgIpc) is 3.22. The van der Waals surface area contributed by atoms with Crippen LogP contribution in [0.4, 0.5) is 0 Å². The van der Waals surface area contributed by atoms with E-state index in [1.807, 2.05) is 0 Å². The van der Waals surface area contributed by atoms with E-state index >= 15 is 0 Å². The predicted octanol–water partition coefficient (Wildman–Crippen LogP) is 6.01. The van der Waals surface area contributed by atoms with Crippen LogP contribution < -0.4 is 0 Å². The smallest absolute Gasteiger partial charge is 0.138 e. The molecule has 8 unspecified atom stereocenters. The Kier molecular flexibility index (Phi) is 3.95. The number of fused-ring (bicyclic) bond motifs is 2. The Morgan fingerprint density at radius 2 is 1.61 bits per heavy atom. The lowest BCUT2D eigenvalue weighted by atomic mass is 9.42. The summed E-state index contributed by atoms with van der Waals surface area (Å²) >= 11 is 0. The Bertz CT molecular complexity index is 697. The van der Waals surface area contributed by atoms with Gasteiger partial charge in [0.05, 0.1) is 0 Å². The van der Waals surface area contributed by atoms with Crippen molar-refractivity contribution in [3.05, 3.63) is 0 Å². The van der Waals surface area contributed by atoms with Crippen LogP contribution in [0.15, 0.2) is 0 Å². The van der Waals surface area contributed by atoms with E-state index in [0.29, 0.717) is 45.9 Å². The van der Waals surface area contributed by atoms with Gasteiger partial charge in [0.25, 0.3) is 0 Å². The normalized spacial score (nSPS) is 54.9. The first-order valence-electron chi connectivity index (χ1n) is 12.2. The van der Waals surface area contributed by atoms with Gasteiger partial charge in [-0.05, 0) is 103 Å². The molecule has 5 fully saturated rings. The molecule has 158 valence electrons.